The minimum Gasteiger partial charge on any atom is -0.497 e. The highest BCUT2D eigenvalue weighted by atomic mass is 16.5. The van der Waals surface area contributed by atoms with Crippen molar-refractivity contribution in [1.29, 1.82) is 0 Å². The van der Waals surface area contributed by atoms with Gasteiger partial charge in [-0.2, -0.15) is 0 Å². The average Bonchev–Trinajstić information content (AvgIpc) is 3.25. The predicted octanol–water partition coefficient (Wildman–Crippen LogP) is 4.06. The molecule has 0 spiro atoms. The van der Waals surface area contributed by atoms with Gasteiger partial charge in [-0.3, -0.25) is 9.59 Å². The average molecular weight is 452 g/mol. The number of para-hydroxylation sites is 1. The topological polar surface area (TPSA) is 65.6 Å². The Bertz CT molecular complexity index is 1380. The second-order valence-electron chi connectivity index (χ2n) is 8.94. The van der Waals surface area contributed by atoms with Crippen molar-refractivity contribution in [3.63, 3.8) is 0 Å². The summed E-state index contributed by atoms with van der Waals surface area (Å²) in [7, 11) is 1.63. The first-order valence-electron chi connectivity index (χ1n) is 11.5. The van der Waals surface area contributed by atoms with Crippen LogP contribution in [0.2, 0.25) is 0 Å². The molecule has 2 atom stereocenters. The number of benzene rings is 3. The Morgan fingerprint density at radius 3 is 2.44 bits per heavy atom. The van der Waals surface area contributed by atoms with E-state index >= 15 is 0 Å². The number of H-pyrrole nitrogens is 1. The van der Waals surface area contributed by atoms with Gasteiger partial charge in [-0.05, 0) is 34.9 Å². The van der Waals surface area contributed by atoms with E-state index in [9.17, 15) is 9.59 Å². The number of methoxy groups -OCH3 is 1. The van der Waals surface area contributed by atoms with Gasteiger partial charge in [-0.15, -0.1) is 0 Å². The van der Waals surface area contributed by atoms with E-state index in [0.29, 0.717) is 13.0 Å². The number of rotatable bonds is 4. The number of nitrogens with zero attached hydrogens (tertiary/aromatic N) is 2. The zero-order chi connectivity index (χ0) is 23.2. The summed E-state index contributed by atoms with van der Waals surface area (Å²) in [5.74, 6) is 0.714. The molecule has 6 nitrogen and oxygen atoms in total. The van der Waals surface area contributed by atoms with Gasteiger partial charge in [0.15, 0.2) is 0 Å². The molecule has 2 amide bonds. The van der Waals surface area contributed by atoms with Crippen LogP contribution in [0.3, 0.4) is 0 Å². The quantitative estimate of drug-likeness (QED) is 0.509. The number of aromatic nitrogens is 1. The third-order valence-electron chi connectivity index (χ3n) is 6.99. The third kappa shape index (κ3) is 3.25. The Morgan fingerprint density at radius 1 is 0.941 bits per heavy atom. The molecule has 2 aliphatic rings. The van der Waals surface area contributed by atoms with Crippen LogP contribution in [0.25, 0.3) is 10.9 Å². The van der Waals surface area contributed by atoms with E-state index in [1.807, 2.05) is 72.8 Å². The Labute approximate surface area is 197 Å². The van der Waals surface area contributed by atoms with E-state index in [-0.39, 0.29) is 24.4 Å². The monoisotopic (exact) mass is 451 g/mol. The standard InChI is InChI=1S/C28H25N3O3/c1-34-20-13-11-19(12-14-20)27-26-22(21-9-5-6-10-23(21)29-26)15-24-28(33)30(17-25(32)31(24)27)16-18-7-3-2-4-8-18/h2-14,24,27,29H,15-17H2,1H3. The highest BCUT2D eigenvalue weighted by Gasteiger charge is 2.48. The molecular weight excluding hydrogens is 426 g/mol. The summed E-state index contributed by atoms with van der Waals surface area (Å²) in [5, 5.41) is 1.11. The van der Waals surface area contributed by atoms with Gasteiger partial charge in [0.1, 0.15) is 18.3 Å². The summed E-state index contributed by atoms with van der Waals surface area (Å²) in [5.41, 5.74) is 5.09. The van der Waals surface area contributed by atoms with Gasteiger partial charge >= 0.3 is 0 Å². The number of fused-ring (bicyclic) bond motifs is 4. The van der Waals surface area contributed by atoms with Crippen molar-refractivity contribution in [3.05, 3.63) is 101 Å². The van der Waals surface area contributed by atoms with Crippen LogP contribution in [-0.2, 0) is 22.6 Å². The van der Waals surface area contributed by atoms with Crippen LogP contribution >= 0.6 is 0 Å². The third-order valence-corrected chi connectivity index (χ3v) is 6.99. The normalized spacial score (nSPS) is 19.8. The van der Waals surface area contributed by atoms with E-state index < -0.39 is 6.04 Å². The van der Waals surface area contributed by atoms with Crippen LogP contribution < -0.4 is 4.74 Å². The van der Waals surface area contributed by atoms with E-state index in [4.69, 9.17) is 4.74 Å². The largest absolute Gasteiger partial charge is 0.497 e. The molecule has 3 aromatic carbocycles. The lowest BCUT2D eigenvalue weighted by Gasteiger charge is -2.47. The number of carbonyl (C=O) groups excluding carboxylic acids is 2. The minimum atomic E-state index is -0.538. The van der Waals surface area contributed by atoms with Crippen molar-refractivity contribution in [3.8, 4) is 5.75 Å². The first-order chi connectivity index (χ1) is 16.6. The number of carbonyl (C=O) groups is 2. The van der Waals surface area contributed by atoms with Gasteiger partial charge in [0.25, 0.3) is 0 Å². The second-order valence-corrected chi connectivity index (χ2v) is 8.94. The van der Waals surface area contributed by atoms with Gasteiger partial charge in [-0.1, -0.05) is 60.7 Å². The molecule has 1 saturated heterocycles. The molecule has 0 aliphatic carbocycles. The maximum atomic E-state index is 13.8. The first kappa shape index (κ1) is 20.5. The van der Waals surface area contributed by atoms with E-state index in [1.165, 1.54) is 0 Å². The predicted molar refractivity (Wildman–Crippen MR) is 129 cm³/mol. The van der Waals surface area contributed by atoms with E-state index in [2.05, 4.69) is 11.1 Å². The molecule has 34 heavy (non-hydrogen) atoms. The SMILES string of the molecule is COc1ccc(C2c3[nH]c4ccccc4c3CC3C(=O)N(Cc4ccccc4)CC(=O)N32)cc1. The van der Waals surface area contributed by atoms with Crippen molar-refractivity contribution in [2.24, 2.45) is 0 Å². The van der Waals surface area contributed by atoms with Gasteiger partial charge in [0.05, 0.1) is 13.2 Å². The highest BCUT2D eigenvalue weighted by molar-refractivity contribution is 5.97. The molecule has 3 heterocycles. The maximum absolute atomic E-state index is 13.8. The number of hydrogen-bond acceptors (Lipinski definition) is 3. The molecule has 2 aliphatic heterocycles. The molecule has 6 heteroatoms. The van der Waals surface area contributed by atoms with Gasteiger partial charge in [-0.25, -0.2) is 0 Å². The Kier molecular flexibility index (Phi) is 4.87. The summed E-state index contributed by atoms with van der Waals surface area (Å²) in [6, 6.07) is 24.9. The summed E-state index contributed by atoms with van der Waals surface area (Å²) < 4.78 is 5.34. The second kappa shape index (κ2) is 8.06. The zero-order valence-corrected chi connectivity index (χ0v) is 18.9. The van der Waals surface area contributed by atoms with E-state index in [1.54, 1.807) is 16.9 Å². The molecule has 0 bridgehead atoms. The molecule has 2 unspecified atom stereocenters. The van der Waals surface area contributed by atoms with Crippen molar-refractivity contribution in [1.82, 2.24) is 14.8 Å². The summed E-state index contributed by atoms with van der Waals surface area (Å²) in [6.07, 6.45) is 0.502. The smallest absolute Gasteiger partial charge is 0.246 e. The van der Waals surface area contributed by atoms with E-state index in [0.717, 1.165) is 39.0 Å². The molecule has 6 rings (SSSR count). The van der Waals surface area contributed by atoms with Crippen LogP contribution in [0, 0.1) is 0 Å². The molecular formula is C28H25N3O3. The molecule has 1 fully saturated rings. The van der Waals surface area contributed by atoms with Crippen LogP contribution in [0.1, 0.15) is 28.4 Å². The van der Waals surface area contributed by atoms with Crippen molar-refractivity contribution in [2.45, 2.75) is 25.0 Å². The van der Waals surface area contributed by atoms with Crippen molar-refractivity contribution in [2.75, 3.05) is 13.7 Å². The number of piperazine rings is 1. The molecule has 0 saturated carbocycles. The molecule has 1 N–H and O–H groups in total. The molecule has 4 aromatic rings. The summed E-state index contributed by atoms with van der Waals surface area (Å²) >= 11 is 0. The minimum absolute atomic E-state index is 0.00195. The van der Waals surface area contributed by atoms with Crippen LogP contribution in [0.5, 0.6) is 5.75 Å². The Hall–Kier alpha value is -4.06. The molecule has 170 valence electrons. The van der Waals surface area contributed by atoms with Crippen LogP contribution in [0.15, 0.2) is 78.9 Å². The summed E-state index contributed by atoms with van der Waals surface area (Å²) in [6.45, 7) is 0.510. The number of nitrogens with one attached hydrogen (secondary N) is 1. The van der Waals surface area contributed by atoms with Gasteiger partial charge in [0.2, 0.25) is 11.8 Å². The molecule has 0 radical (unpaired) electrons. The lowest BCUT2D eigenvalue weighted by Crippen LogP contribution is -2.62. The van der Waals surface area contributed by atoms with Gasteiger partial charge in [0, 0.05) is 29.6 Å². The summed E-state index contributed by atoms with van der Waals surface area (Å²) in [4.78, 5) is 34.4. The number of ether oxygens (including phenoxy) is 1. The van der Waals surface area contributed by atoms with Crippen LogP contribution in [0.4, 0.5) is 0 Å². The number of hydrogen-bond donors (Lipinski definition) is 1. The number of aromatic amines is 1. The highest BCUT2D eigenvalue weighted by Crippen LogP contribution is 2.42. The van der Waals surface area contributed by atoms with Gasteiger partial charge < -0.3 is 19.5 Å². The fourth-order valence-corrected chi connectivity index (χ4v) is 5.39. The Morgan fingerprint density at radius 2 is 1.68 bits per heavy atom. The first-order valence-corrected chi connectivity index (χ1v) is 11.5. The Balaban J connectivity index is 1.45. The van der Waals surface area contributed by atoms with Crippen molar-refractivity contribution >= 4 is 22.7 Å². The number of amides is 2. The fraction of sp³-hybridized carbons (Fsp3) is 0.214. The maximum Gasteiger partial charge on any atom is 0.246 e. The van der Waals surface area contributed by atoms with Crippen molar-refractivity contribution < 1.29 is 14.3 Å². The van der Waals surface area contributed by atoms with Crippen LogP contribution in [-0.4, -0.2) is 46.3 Å². The zero-order valence-electron chi connectivity index (χ0n) is 18.9. The fourth-order valence-electron chi connectivity index (χ4n) is 5.39. The molecule has 1 aromatic heterocycles. The lowest BCUT2D eigenvalue weighted by atomic mass is 9.86. The lowest BCUT2D eigenvalue weighted by molar-refractivity contribution is -0.159.